The van der Waals surface area contributed by atoms with Gasteiger partial charge in [-0.25, -0.2) is 0 Å². The van der Waals surface area contributed by atoms with Gasteiger partial charge in [0.15, 0.2) is 0 Å². The average molecular weight is 288 g/mol. The molecular weight excluding hydrogens is 268 g/mol. The topological polar surface area (TPSA) is 47.1 Å². The molecule has 0 atom stereocenters. The van der Waals surface area contributed by atoms with Gasteiger partial charge in [0.25, 0.3) is 0 Å². The molecule has 5 heteroatoms. The molecule has 0 fully saturated rings. The van der Waals surface area contributed by atoms with E-state index in [0.717, 1.165) is 19.6 Å². The molecule has 0 saturated heterocycles. The lowest BCUT2D eigenvalue weighted by Gasteiger charge is -2.24. The summed E-state index contributed by atoms with van der Waals surface area (Å²) in [4.78, 5) is 2.83. The molecule has 20 heavy (non-hydrogen) atoms. The average Bonchev–Trinajstić information content (AvgIpc) is 2.92. The molecule has 2 N–H and O–H groups in total. The first-order valence-corrected chi connectivity index (χ1v) is 7.19. The van der Waals surface area contributed by atoms with Gasteiger partial charge in [0, 0.05) is 43.5 Å². The van der Waals surface area contributed by atoms with E-state index in [0.29, 0.717) is 11.4 Å². The van der Waals surface area contributed by atoms with Gasteiger partial charge in [-0.15, -0.1) is 0 Å². The molecule has 0 bridgehead atoms. The van der Waals surface area contributed by atoms with E-state index in [2.05, 4.69) is 35.3 Å². The highest BCUT2D eigenvalue weighted by atomic mass is 32.1. The fourth-order valence-electron chi connectivity index (χ4n) is 2.06. The van der Waals surface area contributed by atoms with Crippen LogP contribution in [0.1, 0.15) is 18.9 Å². The summed E-state index contributed by atoms with van der Waals surface area (Å²) >= 11 is 4.99. The monoisotopic (exact) mass is 288 g/mol. The Kier molecular flexibility index (Phi) is 5.12. The van der Waals surface area contributed by atoms with Gasteiger partial charge < -0.3 is 10.6 Å². The summed E-state index contributed by atoms with van der Waals surface area (Å²) in [6.07, 6.45) is 4.71. The van der Waals surface area contributed by atoms with E-state index >= 15 is 0 Å². The van der Waals surface area contributed by atoms with Gasteiger partial charge in [0.2, 0.25) is 0 Å². The van der Waals surface area contributed by atoms with Crippen molar-refractivity contribution in [3.63, 3.8) is 0 Å². The number of nitrogens with two attached hydrogens (primary N) is 1. The summed E-state index contributed by atoms with van der Waals surface area (Å²) in [5.41, 5.74) is 7.99. The third-order valence-corrected chi connectivity index (χ3v) is 3.34. The number of aromatic nitrogens is 2. The number of aryl methyl sites for hydroxylation is 1. The van der Waals surface area contributed by atoms with Crippen molar-refractivity contribution in [2.24, 2.45) is 5.73 Å². The molecule has 1 aromatic carbocycles. The van der Waals surface area contributed by atoms with Crippen LogP contribution in [0.4, 0.5) is 5.69 Å². The molecule has 4 nitrogen and oxygen atoms in total. The Morgan fingerprint density at radius 3 is 2.70 bits per heavy atom. The first-order valence-electron chi connectivity index (χ1n) is 6.78. The zero-order valence-corrected chi connectivity index (χ0v) is 12.5. The minimum Gasteiger partial charge on any atom is -0.393 e. The molecule has 0 aliphatic carbocycles. The molecule has 2 aromatic rings. The van der Waals surface area contributed by atoms with Gasteiger partial charge in [-0.3, -0.25) is 4.68 Å². The number of hydrogen-bond donors (Lipinski definition) is 1. The van der Waals surface area contributed by atoms with Crippen molar-refractivity contribution in [1.82, 2.24) is 9.78 Å². The zero-order chi connectivity index (χ0) is 14.4. The molecule has 0 unspecified atom stereocenters. The maximum atomic E-state index is 5.63. The number of thiocarbonyl (C=S) groups is 1. The second-order valence-corrected chi connectivity index (χ2v) is 5.20. The second-order valence-electron chi connectivity index (χ2n) is 4.68. The molecule has 0 saturated carbocycles. The predicted molar refractivity (Wildman–Crippen MR) is 86.8 cm³/mol. The van der Waals surface area contributed by atoms with Crippen LogP contribution in [0.5, 0.6) is 0 Å². The number of para-hydroxylation sites is 1. The Balaban J connectivity index is 2.11. The van der Waals surface area contributed by atoms with Gasteiger partial charge in [-0.2, -0.15) is 5.10 Å². The zero-order valence-electron chi connectivity index (χ0n) is 11.7. The normalized spacial score (nSPS) is 10.4. The van der Waals surface area contributed by atoms with Crippen LogP contribution in [-0.4, -0.2) is 21.3 Å². The van der Waals surface area contributed by atoms with E-state index in [4.69, 9.17) is 18.0 Å². The first-order chi connectivity index (χ1) is 9.69. The maximum absolute atomic E-state index is 5.63. The highest BCUT2D eigenvalue weighted by molar-refractivity contribution is 7.80. The van der Waals surface area contributed by atoms with Gasteiger partial charge in [0.1, 0.15) is 0 Å². The fourth-order valence-corrected chi connectivity index (χ4v) is 2.16. The fraction of sp³-hybridized carbons (Fsp3) is 0.333. The number of anilines is 1. The number of rotatable bonds is 7. The standard InChI is InChI=1S/C15H20N4S/c1-2-19-12-13(10-17-19)11-18(9-8-15(16)20)14-6-4-3-5-7-14/h3-7,10,12H,2,8-9,11H2,1H3,(H2,16,20). The van der Waals surface area contributed by atoms with E-state index in [1.807, 2.05) is 29.1 Å². The molecule has 0 spiro atoms. The summed E-state index contributed by atoms with van der Waals surface area (Å²) in [5, 5.41) is 4.32. The van der Waals surface area contributed by atoms with Crippen molar-refractivity contribution in [2.75, 3.05) is 11.4 Å². The lowest BCUT2D eigenvalue weighted by molar-refractivity contribution is 0.658. The highest BCUT2D eigenvalue weighted by Gasteiger charge is 2.09. The molecule has 0 aliphatic heterocycles. The minimum atomic E-state index is 0.551. The van der Waals surface area contributed by atoms with Crippen molar-refractivity contribution in [3.05, 3.63) is 48.3 Å². The third-order valence-electron chi connectivity index (χ3n) is 3.13. The number of hydrogen-bond acceptors (Lipinski definition) is 3. The summed E-state index contributed by atoms with van der Waals surface area (Å²) in [7, 11) is 0. The molecular formula is C15H20N4S. The molecule has 0 amide bonds. The van der Waals surface area contributed by atoms with E-state index in [1.165, 1.54) is 11.3 Å². The first kappa shape index (κ1) is 14.5. The summed E-state index contributed by atoms with van der Waals surface area (Å²) in [6.45, 7) is 4.60. The van der Waals surface area contributed by atoms with E-state index in [1.54, 1.807) is 0 Å². The summed E-state index contributed by atoms with van der Waals surface area (Å²) < 4.78 is 1.94. The Morgan fingerprint density at radius 1 is 1.35 bits per heavy atom. The molecule has 0 aliphatic rings. The minimum absolute atomic E-state index is 0.551. The van der Waals surface area contributed by atoms with Crippen LogP contribution in [0.25, 0.3) is 0 Å². The highest BCUT2D eigenvalue weighted by Crippen LogP contribution is 2.17. The second kappa shape index (κ2) is 7.05. The Morgan fingerprint density at radius 2 is 2.10 bits per heavy atom. The lowest BCUT2D eigenvalue weighted by Crippen LogP contribution is -2.26. The third kappa shape index (κ3) is 4.06. The number of benzene rings is 1. The Labute approximate surface area is 125 Å². The Hall–Kier alpha value is -1.88. The van der Waals surface area contributed by atoms with E-state index < -0.39 is 0 Å². The van der Waals surface area contributed by atoms with Crippen molar-refractivity contribution >= 4 is 22.9 Å². The van der Waals surface area contributed by atoms with Crippen LogP contribution < -0.4 is 10.6 Å². The van der Waals surface area contributed by atoms with E-state index in [-0.39, 0.29) is 0 Å². The van der Waals surface area contributed by atoms with Crippen LogP contribution in [-0.2, 0) is 13.1 Å². The molecule has 106 valence electrons. The van der Waals surface area contributed by atoms with Crippen molar-refractivity contribution in [2.45, 2.75) is 26.4 Å². The van der Waals surface area contributed by atoms with E-state index in [9.17, 15) is 0 Å². The predicted octanol–water partition coefficient (Wildman–Crippen LogP) is 2.59. The quantitative estimate of drug-likeness (QED) is 0.796. The van der Waals surface area contributed by atoms with Crippen LogP contribution in [0.15, 0.2) is 42.7 Å². The Bertz CT molecular complexity index is 550. The lowest BCUT2D eigenvalue weighted by atomic mass is 10.2. The smallest absolute Gasteiger partial charge is 0.0745 e. The van der Waals surface area contributed by atoms with Crippen LogP contribution in [0.2, 0.25) is 0 Å². The van der Waals surface area contributed by atoms with Crippen LogP contribution >= 0.6 is 12.2 Å². The maximum Gasteiger partial charge on any atom is 0.0745 e. The van der Waals surface area contributed by atoms with Crippen molar-refractivity contribution in [3.8, 4) is 0 Å². The van der Waals surface area contributed by atoms with Crippen LogP contribution in [0, 0.1) is 0 Å². The van der Waals surface area contributed by atoms with Crippen molar-refractivity contribution in [1.29, 1.82) is 0 Å². The summed E-state index contributed by atoms with van der Waals surface area (Å²) in [6, 6.07) is 10.3. The summed E-state index contributed by atoms with van der Waals surface area (Å²) in [5.74, 6) is 0. The molecule has 1 aromatic heterocycles. The molecule has 0 radical (unpaired) electrons. The molecule has 2 rings (SSSR count). The largest absolute Gasteiger partial charge is 0.393 e. The number of nitrogens with zero attached hydrogens (tertiary/aromatic N) is 3. The van der Waals surface area contributed by atoms with Crippen LogP contribution in [0.3, 0.4) is 0 Å². The van der Waals surface area contributed by atoms with Crippen molar-refractivity contribution < 1.29 is 0 Å². The van der Waals surface area contributed by atoms with Gasteiger partial charge in [0.05, 0.1) is 11.2 Å². The van der Waals surface area contributed by atoms with Gasteiger partial charge in [-0.1, -0.05) is 30.4 Å². The van der Waals surface area contributed by atoms with Gasteiger partial charge >= 0.3 is 0 Å². The molecule has 1 heterocycles. The van der Waals surface area contributed by atoms with Gasteiger partial charge in [-0.05, 0) is 19.1 Å². The SMILES string of the molecule is CCn1cc(CN(CCC(N)=S)c2ccccc2)cn1.